The Morgan fingerprint density at radius 3 is 2.62 bits per heavy atom. The Kier molecular flexibility index (Phi) is 5.55. The molecule has 9 heteroatoms. The van der Waals surface area contributed by atoms with Gasteiger partial charge in [-0.05, 0) is 42.5 Å². The SMILES string of the molecule is COc1ccc(-c2nnc3ccc(SCc4c(F)cccc4Cl)nn23)cc1OC. The highest BCUT2D eigenvalue weighted by Crippen LogP contribution is 2.32. The number of benzene rings is 2. The molecule has 2 aromatic heterocycles. The fourth-order valence-corrected chi connectivity index (χ4v) is 4.02. The average molecular weight is 431 g/mol. The number of ether oxygens (including phenoxy) is 2. The normalized spacial score (nSPS) is 11.0. The van der Waals surface area contributed by atoms with Gasteiger partial charge in [0.2, 0.25) is 0 Å². The van der Waals surface area contributed by atoms with Crippen molar-refractivity contribution in [3.63, 3.8) is 0 Å². The number of hydrogen-bond donors (Lipinski definition) is 0. The summed E-state index contributed by atoms with van der Waals surface area (Å²) in [4.78, 5) is 0. The van der Waals surface area contributed by atoms with Crippen molar-refractivity contribution in [2.45, 2.75) is 10.8 Å². The number of rotatable bonds is 6. The standard InChI is InChI=1S/C20H16ClFN4O2S/c1-27-16-7-6-12(10-17(16)28-2)20-24-23-18-8-9-19(25-26(18)20)29-11-13-14(21)4-3-5-15(13)22/h3-10H,11H2,1-2H3. The van der Waals surface area contributed by atoms with Gasteiger partial charge in [-0.2, -0.15) is 9.61 Å². The van der Waals surface area contributed by atoms with Crippen LogP contribution in [0.5, 0.6) is 11.5 Å². The molecule has 0 atom stereocenters. The Bertz CT molecular complexity index is 1160. The Morgan fingerprint density at radius 1 is 1.03 bits per heavy atom. The van der Waals surface area contributed by atoms with Crippen molar-refractivity contribution in [2.24, 2.45) is 0 Å². The van der Waals surface area contributed by atoms with Gasteiger partial charge >= 0.3 is 0 Å². The second-order valence-electron chi connectivity index (χ2n) is 6.02. The summed E-state index contributed by atoms with van der Waals surface area (Å²) in [5.74, 6) is 1.80. The predicted molar refractivity (Wildman–Crippen MR) is 110 cm³/mol. The number of aromatic nitrogens is 4. The van der Waals surface area contributed by atoms with Crippen molar-refractivity contribution < 1.29 is 13.9 Å². The smallest absolute Gasteiger partial charge is 0.185 e. The van der Waals surface area contributed by atoms with Crippen LogP contribution in [0.15, 0.2) is 53.6 Å². The molecule has 148 valence electrons. The lowest BCUT2D eigenvalue weighted by atomic mass is 10.2. The van der Waals surface area contributed by atoms with Crippen LogP contribution in [0.1, 0.15) is 5.56 Å². The molecule has 0 saturated heterocycles. The van der Waals surface area contributed by atoms with Crippen molar-refractivity contribution in [3.8, 4) is 22.9 Å². The Balaban J connectivity index is 1.66. The molecule has 0 N–H and O–H groups in total. The van der Waals surface area contributed by atoms with Crippen LogP contribution in [-0.4, -0.2) is 34.0 Å². The molecule has 0 spiro atoms. The van der Waals surface area contributed by atoms with Crippen LogP contribution in [0.2, 0.25) is 5.02 Å². The number of nitrogens with zero attached hydrogens (tertiary/aromatic N) is 4. The summed E-state index contributed by atoms with van der Waals surface area (Å²) in [6.07, 6.45) is 0. The van der Waals surface area contributed by atoms with Crippen molar-refractivity contribution >= 4 is 29.0 Å². The fourth-order valence-electron chi connectivity index (χ4n) is 2.82. The van der Waals surface area contributed by atoms with Gasteiger partial charge in [-0.3, -0.25) is 0 Å². The van der Waals surface area contributed by atoms with E-state index in [0.29, 0.717) is 44.3 Å². The van der Waals surface area contributed by atoms with E-state index in [2.05, 4.69) is 15.3 Å². The number of methoxy groups -OCH3 is 2. The van der Waals surface area contributed by atoms with E-state index in [0.717, 1.165) is 5.56 Å². The zero-order chi connectivity index (χ0) is 20.4. The van der Waals surface area contributed by atoms with Crippen LogP contribution in [0.25, 0.3) is 17.0 Å². The molecule has 0 fully saturated rings. The van der Waals surface area contributed by atoms with Crippen molar-refractivity contribution in [1.29, 1.82) is 0 Å². The first-order chi connectivity index (χ1) is 14.1. The van der Waals surface area contributed by atoms with Crippen LogP contribution in [-0.2, 0) is 5.75 Å². The van der Waals surface area contributed by atoms with Crippen LogP contribution in [0, 0.1) is 5.82 Å². The topological polar surface area (TPSA) is 61.5 Å². The molecule has 4 rings (SSSR count). The van der Waals surface area contributed by atoms with Crippen LogP contribution in [0.4, 0.5) is 4.39 Å². The van der Waals surface area contributed by atoms with Gasteiger partial charge in [0.05, 0.1) is 14.2 Å². The molecule has 2 heterocycles. The predicted octanol–water partition coefficient (Wildman–Crippen LogP) is 4.89. The van der Waals surface area contributed by atoms with Gasteiger partial charge in [-0.15, -0.1) is 10.2 Å². The summed E-state index contributed by atoms with van der Waals surface area (Å²) in [7, 11) is 3.15. The van der Waals surface area contributed by atoms with E-state index < -0.39 is 0 Å². The molecular weight excluding hydrogens is 415 g/mol. The maximum atomic E-state index is 14.0. The van der Waals surface area contributed by atoms with E-state index in [1.165, 1.54) is 17.8 Å². The molecule has 0 aliphatic rings. The van der Waals surface area contributed by atoms with E-state index >= 15 is 0 Å². The van der Waals surface area contributed by atoms with Crippen molar-refractivity contribution in [3.05, 3.63) is 64.9 Å². The zero-order valence-corrected chi connectivity index (χ0v) is 17.2. The molecule has 0 amide bonds. The zero-order valence-electron chi connectivity index (χ0n) is 15.6. The minimum absolute atomic E-state index is 0.332. The first-order valence-corrected chi connectivity index (χ1v) is 9.97. The summed E-state index contributed by atoms with van der Waals surface area (Å²) < 4.78 is 26.3. The Labute approximate surface area is 175 Å². The van der Waals surface area contributed by atoms with Crippen LogP contribution < -0.4 is 9.47 Å². The van der Waals surface area contributed by atoms with Gasteiger partial charge < -0.3 is 9.47 Å². The van der Waals surface area contributed by atoms with Gasteiger partial charge in [0.15, 0.2) is 23.0 Å². The van der Waals surface area contributed by atoms with Crippen LogP contribution in [0.3, 0.4) is 0 Å². The summed E-state index contributed by atoms with van der Waals surface area (Å²) in [5, 5.41) is 14.1. The lowest BCUT2D eigenvalue weighted by Crippen LogP contribution is -1.98. The number of thioether (sulfide) groups is 1. The van der Waals surface area contributed by atoms with Gasteiger partial charge in [0.25, 0.3) is 0 Å². The molecule has 0 bridgehead atoms. The number of hydrogen-bond acceptors (Lipinski definition) is 6. The van der Waals surface area contributed by atoms with Gasteiger partial charge in [0, 0.05) is 21.9 Å². The van der Waals surface area contributed by atoms with E-state index in [1.807, 2.05) is 24.3 Å². The maximum Gasteiger partial charge on any atom is 0.185 e. The third-order valence-electron chi connectivity index (χ3n) is 4.31. The first-order valence-electron chi connectivity index (χ1n) is 8.61. The second-order valence-corrected chi connectivity index (χ2v) is 7.43. The quantitative estimate of drug-likeness (QED) is 0.406. The largest absolute Gasteiger partial charge is 0.493 e. The van der Waals surface area contributed by atoms with Gasteiger partial charge in [-0.1, -0.05) is 29.4 Å². The fraction of sp³-hybridized carbons (Fsp3) is 0.150. The molecular formula is C20H16ClFN4O2S. The van der Waals surface area contributed by atoms with Crippen molar-refractivity contribution in [1.82, 2.24) is 19.8 Å². The monoisotopic (exact) mass is 430 g/mol. The number of halogens is 2. The lowest BCUT2D eigenvalue weighted by molar-refractivity contribution is 0.355. The molecule has 2 aromatic carbocycles. The minimum Gasteiger partial charge on any atom is -0.493 e. The van der Waals surface area contributed by atoms with Crippen molar-refractivity contribution in [2.75, 3.05) is 14.2 Å². The maximum absolute atomic E-state index is 14.0. The highest BCUT2D eigenvalue weighted by atomic mass is 35.5. The first kappa shape index (κ1) is 19.5. The van der Waals surface area contributed by atoms with E-state index in [4.69, 9.17) is 21.1 Å². The van der Waals surface area contributed by atoms with Crippen LogP contribution >= 0.6 is 23.4 Å². The highest BCUT2D eigenvalue weighted by Gasteiger charge is 2.14. The highest BCUT2D eigenvalue weighted by molar-refractivity contribution is 7.98. The molecule has 4 aromatic rings. The summed E-state index contributed by atoms with van der Waals surface area (Å²) in [5.41, 5.74) is 1.83. The average Bonchev–Trinajstić information content (AvgIpc) is 3.16. The molecule has 0 aliphatic carbocycles. The lowest BCUT2D eigenvalue weighted by Gasteiger charge is -2.09. The third kappa shape index (κ3) is 3.86. The van der Waals surface area contributed by atoms with E-state index in [-0.39, 0.29) is 5.82 Å². The summed E-state index contributed by atoms with van der Waals surface area (Å²) in [6.45, 7) is 0. The molecule has 6 nitrogen and oxygen atoms in total. The summed E-state index contributed by atoms with van der Waals surface area (Å²) in [6, 6.07) is 13.8. The number of fused-ring (bicyclic) bond motifs is 1. The molecule has 0 unspecified atom stereocenters. The van der Waals surface area contributed by atoms with Gasteiger partial charge in [-0.25, -0.2) is 4.39 Å². The molecule has 29 heavy (non-hydrogen) atoms. The van der Waals surface area contributed by atoms with Gasteiger partial charge in [0.1, 0.15) is 10.8 Å². The third-order valence-corrected chi connectivity index (χ3v) is 5.61. The molecule has 0 aliphatic heterocycles. The Hall–Kier alpha value is -2.84. The molecule has 0 saturated carbocycles. The summed E-state index contributed by atoms with van der Waals surface area (Å²) >= 11 is 7.49. The second kappa shape index (κ2) is 8.26. The van der Waals surface area contributed by atoms with E-state index in [9.17, 15) is 4.39 Å². The minimum atomic E-state index is -0.332. The Morgan fingerprint density at radius 2 is 1.86 bits per heavy atom. The molecule has 0 radical (unpaired) electrons. The van der Waals surface area contributed by atoms with E-state index in [1.54, 1.807) is 36.9 Å².